The Kier molecular flexibility index (Phi) is 5.84. The molecule has 2 aliphatic heterocycles. The van der Waals surface area contributed by atoms with Gasteiger partial charge in [0.1, 0.15) is 0 Å². The number of rotatable bonds is 5. The Morgan fingerprint density at radius 1 is 1.11 bits per heavy atom. The summed E-state index contributed by atoms with van der Waals surface area (Å²) in [5, 5.41) is 9.31. The van der Waals surface area contributed by atoms with Crippen LogP contribution in [0.4, 0.5) is 0 Å². The highest BCUT2D eigenvalue weighted by molar-refractivity contribution is 7.98. The Morgan fingerprint density at radius 3 is 2.74 bits per heavy atom. The molecular formula is C23H27NO2S. The molecule has 2 heterocycles. The molecule has 0 bridgehead atoms. The first-order valence-electron chi connectivity index (χ1n) is 9.97. The molecule has 1 saturated heterocycles. The Bertz CT molecular complexity index is 759. The lowest BCUT2D eigenvalue weighted by molar-refractivity contribution is -0.143. The molecule has 0 spiro atoms. The van der Waals surface area contributed by atoms with E-state index in [0.29, 0.717) is 12.5 Å². The highest BCUT2D eigenvalue weighted by atomic mass is 32.2. The van der Waals surface area contributed by atoms with Crippen LogP contribution in [0.15, 0.2) is 53.4 Å². The van der Waals surface area contributed by atoms with Crippen LogP contribution in [0.5, 0.6) is 0 Å². The average molecular weight is 382 g/mol. The predicted octanol–water partition coefficient (Wildman–Crippen LogP) is 5.00. The standard InChI is InChI=1S/C23H27NO2S/c25-23(26)17-8-5-13-24(15-17)14-6-11-20-19-9-2-1-7-18(19)16-27-22-12-4-3-10-21(20)22/h1-4,7,9-10,12,17,20H,5-6,8,11,13-16H2,(H,25,26)/t17-,20?/m1/s1. The van der Waals surface area contributed by atoms with E-state index in [0.717, 1.165) is 44.5 Å². The summed E-state index contributed by atoms with van der Waals surface area (Å²) in [5.74, 6) is 0.654. The maximum Gasteiger partial charge on any atom is 0.307 e. The number of aliphatic carboxylic acids is 1. The zero-order valence-electron chi connectivity index (χ0n) is 15.6. The van der Waals surface area contributed by atoms with E-state index in [1.165, 1.54) is 21.6 Å². The van der Waals surface area contributed by atoms with Gasteiger partial charge in [-0.2, -0.15) is 0 Å². The van der Waals surface area contributed by atoms with Crippen molar-refractivity contribution in [3.63, 3.8) is 0 Å². The number of nitrogens with zero attached hydrogens (tertiary/aromatic N) is 1. The number of fused-ring (bicyclic) bond motifs is 2. The summed E-state index contributed by atoms with van der Waals surface area (Å²) in [7, 11) is 0. The molecule has 2 aromatic rings. The SMILES string of the molecule is O=C(O)[C@@H]1CCCN(CCCC2c3ccccc3CSc3ccccc32)C1. The summed E-state index contributed by atoms with van der Waals surface area (Å²) in [6.07, 6.45) is 4.04. The van der Waals surface area contributed by atoms with E-state index in [-0.39, 0.29) is 5.92 Å². The summed E-state index contributed by atoms with van der Waals surface area (Å²) in [6.45, 7) is 2.75. The first kappa shape index (κ1) is 18.6. The lowest BCUT2D eigenvalue weighted by Crippen LogP contribution is -2.39. The van der Waals surface area contributed by atoms with Crippen LogP contribution in [0.2, 0.25) is 0 Å². The van der Waals surface area contributed by atoms with Gasteiger partial charge in [-0.25, -0.2) is 0 Å². The van der Waals surface area contributed by atoms with Gasteiger partial charge in [0.05, 0.1) is 5.92 Å². The molecule has 142 valence electrons. The van der Waals surface area contributed by atoms with E-state index in [4.69, 9.17) is 0 Å². The second kappa shape index (κ2) is 8.49. The molecule has 1 N–H and O–H groups in total. The average Bonchev–Trinajstić information content (AvgIpc) is 2.86. The number of carboxylic acid groups (broad SMARTS) is 1. The molecule has 1 fully saturated rings. The zero-order valence-corrected chi connectivity index (χ0v) is 16.5. The van der Waals surface area contributed by atoms with Crippen molar-refractivity contribution in [1.82, 2.24) is 4.90 Å². The van der Waals surface area contributed by atoms with Gasteiger partial charge in [0.25, 0.3) is 0 Å². The third kappa shape index (κ3) is 4.22. The second-order valence-corrected chi connectivity index (χ2v) is 8.72. The van der Waals surface area contributed by atoms with Crippen molar-refractivity contribution < 1.29 is 9.90 Å². The molecule has 0 radical (unpaired) electrons. The number of benzene rings is 2. The van der Waals surface area contributed by atoms with Crippen LogP contribution in [0.3, 0.4) is 0 Å². The highest BCUT2D eigenvalue weighted by Gasteiger charge is 2.26. The quantitative estimate of drug-likeness (QED) is 0.791. The number of likely N-dealkylation sites (tertiary alicyclic amines) is 1. The largest absolute Gasteiger partial charge is 0.481 e. The van der Waals surface area contributed by atoms with Gasteiger partial charge in [-0.15, -0.1) is 11.8 Å². The molecule has 27 heavy (non-hydrogen) atoms. The molecule has 0 aliphatic carbocycles. The van der Waals surface area contributed by atoms with E-state index in [1.54, 1.807) is 0 Å². The fourth-order valence-electron chi connectivity index (χ4n) is 4.52. The molecule has 0 aromatic heterocycles. The molecule has 0 saturated carbocycles. The Balaban J connectivity index is 1.47. The second-order valence-electron chi connectivity index (χ2n) is 7.70. The minimum atomic E-state index is -0.636. The van der Waals surface area contributed by atoms with Gasteiger partial charge in [0.2, 0.25) is 0 Å². The van der Waals surface area contributed by atoms with Gasteiger partial charge in [0.15, 0.2) is 0 Å². The zero-order chi connectivity index (χ0) is 18.6. The van der Waals surface area contributed by atoms with Crippen molar-refractivity contribution in [2.45, 2.75) is 42.2 Å². The molecule has 2 atom stereocenters. The normalized spacial score (nSPS) is 22.5. The molecule has 2 aliphatic rings. The van der Waals surface area contributed by atoms with Crippen molar-refractivity contribution in [1.29, 1.82) is 0 Å². The fourth-order valence-corrected chi connectivity index (χ4v) is 5.64. The number of hydrogen-bond acceptors (Lipinski definition) is 3. The number of hydrogen-bond donors (Lipinski definition) is 1. The monoisotopic (exact) mass is 381 g/mol. The maximum atomic E-state index is 11.3. The van der Waals surface area contributed by atoms with Gasteiger partial charge >= 0.3 is 5.97 Å². The Morgan fingerprint density at radius 2 is 1.89 bits per heavy atom. The van der Waals surface area contributed by atoms with Crippen molar-refractivity contribution in [3.05, 3.63) is 65.2 Å². The number of carboxylic acids is 1. The first-order valence-corrected chi connectivity index (χ1v) is 11.0. The summed E-state index contributed by atoms with van der Waals surface area (Å²) >= 11 is 1.95. The Hall–Kier alpha value is -1.78. The maximum absolute atomic E-state index is 11.3. The van der Waals surface area contributed by atoms with Gasteiger partial charge < -0.3 is 10.0 Å². The summed E-state index contributed by atoms with van der Waals surface area (Å²) in [4.78, 5) is 15.1. The Labute approximate surface area is 165 Å². The van der Waals surface area contributed by atoms with Gasteiger partial charge in [0, 0.05) is 23.1 Å². The lowest BCUT2D eigenvalue weighted by atomic mass is 9.85. The van der Waals surface area contributed by atoms with Crippen LogP contribution >= 0.6 is 11.8 Å². The number of piperidine rings is 1. The summed E-state index contributed by atoms with van der Waals surface area (Å²) < 4.78 is 0. The van der Waals surface area contributed by atoms with E-state index >= 15 is 0 Å². The van der Waals surface area contributed by atoms with Crippen LogP contribution in [0.1, 0.15) is 48.3 Å². The minimum Gasteiger partial charge on any atom is -0.481 e. The summed E-state index contributed by atoms with van der Waals surface area (Å²) in [6, 6.07) is 17.7. The van der Waals surface area contributed by atoms with Crippen LogP contribution < -0.4 is 0 Å². The van der Waals surface area contributed by atoms with Crippen LogP contribution in [-0.4, -0.2) is 35.6 Å². The van der Waals surface area contributed by atoms with E-state index in [2.05, 4.69) is 53.4 Å². The summed E-state index contributed by atoms with van der Waals surface area (Å²) in [5.41, 5.74) is 4.37. The third-order valence-corrected chi connectivity index (χ3v) is 7.07. The van der Waals surface area contributed by atoms with Gasteiger partial charge in [-0.05, 0) is 61.5 Å². The highest BCUT2D eigenvalue weighted by Crippen LogP contribution is 2.42. The molecule has 1 unspecified atom stereocenters. The van der Waals surface area contributed by atoms with Gasteiger partial charge in [-0.1, -0.05) is 42.5 Å². The van der Waals surface area contributed by atoms with Crippen LogP contribution in [-0.2, 0) is 10.5 Å². The molecule has 4 rings (SSSR count). The first-order chi connectivity index (χ1) is 13.2. The number of thioether (sulfide) groups is 1. The molecule has 3 nitrogen and oxygen atoms in total. The van der Waals surface area contributed by atoms with Gasteiger partial charge in [-0.3, -0.25) is 4.79 Å². The smallest absolute Gasteiger partial charge is 0.307 e. The molecule has 2 aromatic carbocycles. The van der Waals surface area contributed by atoms with Crippen molar-refractivity contribution in [2.24, 2.45) is 5.92 Å². The lowest BCUT2D eigenvalue weighted by Gasteiger charge is -2.31. The van der Waals surface area contributed by atoms with E-state index < -0.39 is 5.97 Å². The minimum absolute atomic E-state index is 0.186. The van der Waals surface area contributed by atoms with E-state index in [1.807, 2.05) is 11.8 Å². The van der Waals surface area contributed by atoms with Crippen molar-refractivity contribution in [2.75, 3.05) is 19.6 Å². The van der Waals surface area contributed by atoms with Crippen molar-refractivity contribution in [3.8, 4) is 0 Å². The topological polar surface area (TPSA) is 40.5 Å². The fraction of sp³-hybridized carbons (Fsp3) is 0.435. The van der Waals surface area contributed by atoms with E-state index in [9.17, 15) is 9.90 Å². The molecule has 4 heteroatoms. The molecular weight excluding hydrogens is 354 g/mol. The predicted molar refractivity (Wildman–Crippen MR) is 110 cm³/mol. The van der Waals surface area contributed by atoms with Crippen molar-refractivity contribution >= 4 is 17.7 Å². The van der Waals surface area contributed by atoms with Crippen LogP contribution in [0.25, 0.3) is 0 Å². The van der Waals surface area contributed by atoms with Crippen LogP contribution in [0, 0.1) is 5.92 Å². The third-order valence-electron chi connectivity index (χ3n) is 5.93. The molecule has 0 amide bonds. The number of carbonyl (C=O) groups is 1.